The van der Waals surface area contributed by atoms with Crippen molar-refractivity contribution in [1.29, 1.82) is 0 Å². The molecule has 0 aromatic rings. The number of carboxylic acid groups (broad SMARTS) is 2. The quantitative estimate of drug-likeness (QED) is 0.267. The number of carboxylic acids is 2. The van der Waals surface area contributed by atoms with Crippen molar-refractivity contribution < 1.29 is 158 Å². The molecule has 7 nitrogen and oxygen atoms in total. The van der Waals surface area contributed by atoms with Crippen LogP contribution in [0.15, 0.2) is 0 Å². The molecule has 0 saturated heterocycles. The molecule has 11 heteroatoms. The second-order valence-corrected chi connectivity index (χ2v) is 2.17. The van der Waals surface area contributed by atoms with E-state index in [4.69, 9.17) is 15.3 Å². The zero-order valence-corrected chi connectivity index (χ0v) is 18.6. The fraction of sp³-hybridized carbons (Fsp3) is 0.500. The molecule has 0 aliphatic heterocycles. The molecule has 1 atom stereocenters. The zero-order chi connectivity index (χ0) is 10.6. The Morgan fingerprint density at radius 3 is 1.47 bits per heavy atom. The number of esters is 1. The summed E-state index contributed by atoms with van der Waals surface area (Å²) >= 11 is 0. The van der Waals surface area contributed by atoms with E-state index in [-0.39, 0.29) is 124 Å². The predicted molar refractivity (Wildman–Crippen MR) is 41.3 cm³/mol. The van der Waals surface area contributed by atoms with E-state index in [1.807, 2.05) is 0 Å². The Bertz CT molecular complexity index is 245. The van der Waals surface area contributed by atoms with Gasteiger partial charge in [0.25, 0.3) is 6.10 Å². The Kier molecular flexibility index (Phi) is 30.6. The number of carbonyl (C=O) groups is 3. The second kappa shape index (κ2) is 16.4. The van der Waals surface area contributed by atoms with Gasteiger partial charge in [-0.15, -0.1) is 0 Å². The van der Waals surface area contributed by atoms with E-state index in [9.17, 15) is 14.4 Å². The summed E-state index contributed by atoms with van der Waals surface area (Å²) in [4.78, 5) is 30.9. The topological polar surface area (TPSA) is 121 Å². The Hall–Kier alpha value is 2.37. The first-order valence-corrected chi connectivity index (χ1v) is 3.20. The van der Waals surface area contributed by atoms with E-state index in [1.54, 1.807) is 0 Å². The van der Waals surface area contributed by atoms with E-state index in [0.717, 1.165) is 6.92 Å². The largest absolute Gasteiger partial charge is 1.00 e. The molecular weight excluding hydrogens is 276 g/mol. The SMILES string of the molecule is CC(O)C(=O)OC(C(=O)O)C(=O)O.[H-].[H-].[H-].[H-].[Na+].[Na+].[Na+].[Na+]. The molecule has 0 fully saturated rings. The van der Waals surface area contributed by atoms with Crippen LogP contribution >= 0.6 is 0 Å². The van der Waals surface area contributed by atoms with Crippen molar-refractivity contribution in [2.24, 2.45) is 0 Å². The summed E-state index contributed by atoms with van der Waals surface area (Å²) < 4.78 is 3.95. The zero-order valence-electron chi connectivity index (χ0n) is 14.6. The molecule has 1 unspecified atom stereocenters. The number of ether oxygens (including phenoxy) is 1. The Morgan fingerprint density at radius 1 is 1.00 bits per heavy atom. The van der Waals surface area contributed by atoms with Crippen LogP contribution in [0.25, 0.3) is 0 Å². The molecule has 0 radical (unpaired) electrons. The summed E-state index contributed by atoms with van der Waals surface area (Å²) in [7, 11) is 0. The van der Waals surface area contributed by atoms with E-state index < -0.39 is 30.1 Å². The van der Waals surface area contributed by atoms with E-state index in [1.165, 1.54) is 0 Å². The first kappa shape index (κ1) is 31.7. The molecule has 0 spiro atoms. The van der Waals surface area contributed by atoms with Gasteiger partial charge >= 0.3 is 136 Å². The standard InChI is InChI=1S/C6H8O7.4Na.4H/c1-2(7)6(12)13-3(4(8)9)5(10)11;;;;;;;;/h2-3,7H,1H3,(H,8,9)(H,10,11);;;;;;;;/q;4*+1;4*-1. The third-order valence-corrected chi connectivity index (χ3v) is 1.02. The van der Waals surface area contributed by atoms with Gasteiger partial charge in [-0.05, 0) is 6.92 Å². The normalized spacial score (nSPS) is 9.35. The molecule has 0 rings (SSSR count). The molecule has 3 N–H and O–H groups in total. The average molecular weight is 288 g/mol. The van der Waals surface area contributed by atoms with Crippen molar-refractivity contribution in [2.45, 2.75) is 19.1 Å². The summed E-state index contributed by atoms with van der Waals surface area (Å²) in [5, 5.41) is 25.0. The van der Waals surface area contributed by atoms with E-state index >= 15 is 0 Å². The van der Waals surface area contributed by atoms with Crippen molar-refractivity contribution in [2.75, 3.05) is 0 Å². The Morgan fingerprint density at radius 2 is 1.29 bits per heavy atom. The molecule has 0 aromatic carbocycles. The molecule has 0 aromatic heterocycles. The number of aliphatic carboxylic acids is 2. The van der Waals surface area contributed by atoms with Crippen LogP contribution in [-0.2, 0) is 19.1 Å². The summed E-state index contributed by atoms with van der Waals surface area (Å²) in [6.45, 7) is 1.03. The first-order chi connectivity index (χ1) is 5.86. The van der Waals surface area contributed by atoms with E-state index in [0.29, 0.717) is 0 Å². The molecular formula is C6H12Na4O7. The number of aliphatic hydroxyl groups excluding tert-OH is 1. The number of hydrogen-bond donors (Lipinski definition) is 3. The number of rotatable bonds is 4. The minimum atomic E-state index is -2.28. The van der Waals surface area contributed by atoms with Crippen LogP contribution in [0.5, 0.6) is 0 Å². The van der Waals surface area contributed by atoms with Crippen LogP contribution in [0.2, 0.25) is 0 Å². The maximum Gasteiger partial charge on any atom is 1.00 e. The summed E-state index contributed by atoms with van der Waals surface area (Å²) in [6.07, 6.45) is -3.83. The van der Waals surface area contributed by atoms with Crippen LogP contribution in [0.4, 0.5) is 0 Å². The van der Waals surface area contributed by atoms with Gasteiger partial charge < -0.3 is 25.8 Å². The average Bonchev–Trinajstić information content (AvgIpc) is 1.97. The monoisotopic (exact) mass is 288 g/mol. The number of carbonyl (C=O) groups excluding carboxylic acids is 1. The van der Waals surface area contributed by atoms with E-state index in [2.05, 4.69) is 4.74 Å². The van der Waals surface area contributed by atoms with Crippen LogP contribution in [0.3, 0.4) is 0 Å². The van der Waals surface area contributed by atoms with Crippen molar-refractivity contribution in [1.82, 2.24) is 0 Å². The van der Waals surface area contributed by atoms with Crippen LogP contribution < -0.4 is 118 Å². The summed E-state index contributed by atoms with van der Waals surface area (Å²) in [5.74, 6) is -4.90. The van der Waals surface area contributed by atoms with Crippen molar-refractivity contribution in [3.8, 4) is 0 Å². The van der Waals surface area contributed by atoms with Gasteiger partial charge in [0.05, 0.1) is 0 Å². The fourth-order valence-corrected chi connectivity index (χ4v) is 0.421. The Balaban J connectivity index is -0.0000000257. The summed E-state index contributed by atoms with van der Waals surface area (Å²) in [5.41, 5.74) is 0. The maximum atomic E-state index is 10.6. The Labute approximate surface area is 192 Å². The van der Waals surface area contributed by atoms with Crippen LogP contribution in [-0.4, -0.2) is 45.4 Å². The predicted octanol–water partition coefficient (Wildman–Crippen LogP) is -13.1. The first-order valence-electron chi connectivity index (χ1n) is 3.20. The molecule has 0 heterocycles. The van der Waals surface area contributed by atoms with Crippen LogP contribution in [0.1, 0.15) is 12.6 Å². The molecule has 17 heavy (non-hydrogen) atoms. The molecule has 0 aliphatic rings. The maximum absolute atomic E-state index is 10.6. The van der Waals surface area contributed by atoms with Gasteiger partial charge in [0, 0.05) is 0 Å². The van der Waals surface area contributed by atoms with Gasteiger partial charge in [0.2, 0.25) is 0 Å². The third-order valence-electron chi connectivity index (χ3n) is 1.02. The van der Waals surface area contributed by atoms with Crippen molar-refractivity contribution >= 4 is 17.9 Å². The van der Waals surface area contributed by atoms with Crippen LogP contribution in [0, 0.1) is 0 Å². The minimum absolute atomic E-state index is 0. The second-order valence-electron chi connectivity index (χ2n) is 2.17. The minimum Gasteiger partial charge on any atom is -1.00 e. The van der Waals surface area contributed by atoms with Gasteiger partial charge in [-0.3, -0.25) is 0 Å². The number of aliphatic hydroxyl groups is 1. The molecule has 0 amide bonds. The third kappa shape index (κ3) is 14.6. The van der Waals surface area contributed by atoms with Gasteiger partial charge in [-0.2, -0.15) is 0 Å². The van der Waals surface area contributed by atoms with Crippen molar-refractivity contribution in [3.63, 3.8) is 0 Å². The fourth-order valence-electron chi connectivity index (χ4n) is 0.421. The van der Waals surface area contributed by atoms with Crippen molar-refractivity contribution in [3.05, 3.63) is 0 Å². The van der Waals surface area contributed by atoms with Gasteiger partial charge in [0.1, 0.15) is 6.10 Å². The smallest absolute Gasteiger partial charge is 1.00 e. The van der Waals surface area contributed by atoms with Gasteiger partial charge in [-0.1, -0.05) is 0 Å². The number of hydrogen-bond acceptors (Lipinski definition) is 5. The molecule has 0 aliphatic carbocycles. The molecule has 82 valence electrons. The molecule has 0 bridgehead atoms. The molecule has 0 saturated carbocycles. The summed E-state index contributed by atoms with van der Waals surface area (Å²) in [6, 6.07) is 0. The van der Waals surface area contributed by atoms with Gasteiger partial charge in [-0.25, -0.2) is 14.4 Å². The van der Waals surface area contributed by atoms with Gasteiger partial charge in [0.15, 0.2) is 0 Å².